The van der Waals surface area contributed by atoms with Gasteiger partial charge in [-0.15, -0.1) is 0 Å². The first-order valence-corrected chi connectivity index (χ1v) is 6.37. The third-order valence-corrected chi connectivity index (χ3v) is 3.63. The maximum absolute atomic E-state index is 11.7. The summed E-state index contributed by atoms with van der Waals surface area (Å²) >= 11 is 0. The van der Waals surface area contributed by atoms with E-state index in [-0.39, 0.29) is 11.3 Å². The predicted molar refractivity (Wildman–Crippen MR) is 62.2 cm³/mol. The summed E-state index contributed by atoms with van der Waals surface area (Å²) in [6.07, 6.45) is 6.57. The maximum atomic E-state index is 11.7. The van der Waals surface area contributed by atoms with Crippen LogP contribution in [0.15, 0.2) is 10.7 Å². The molecular weight excluding hydrogens is 234 g/mol. The third kappa shape index (κ3) is 2.56. The van der Waals surface area contributed by atoms with Gasteiger partial charge in [0.05, 0.1) is 0 Å². The van der Waals surface area contributed by atoms with Crippen LogP contribution in [0.1, 0.15) is 42.1 Å². The van der Waals surface area contributed by atoms with Crippen LogP contribution < -0.4 is 0 Å². The lowest BCUT2D eigenvalue weighted by atomic mass is 10.3. The molecule has 0 unspecified atom stereocenters. The molecule has 0 radical (unpaired) electrons. The van der Waals surface area contributed by atoms with Crippen molar-refractivity contribution in [1.29, 1.82) is 0 Å². The zero-order valence-electron chi connectivity index (χ0n) is 10.5. The maximum Gasteiger partial charge on any atom is 0.360 e. The number of carbonyl (C=O) groups is 1. The van der Waals surface area contributed by atoms with E-state index in [9.17, 15) is 4.79 Å². The molecule has 1 heterocycles. The van der Waals surface area contributed by atoms with Crippen LogP contribution in [0, 0.1) is 5.92 Å². The van der Waals surface area contributed by atoms with Gasteiger partial charge in [-0.25, -0.2) is 9.78 Å². The number of hydrogen-bond donors (Lipinski definition) is 0. The first-order chi connectivity index (χ1) is 8.71. The van der Waals surface area contributed by atoms with E-state index in [1.54, 1.807) is 7.11 Å². The Labute approximate surface area is 105 Å². The minimum absolute atomic E-state index is 0.240. The molecule has 0 aliphatic heterocycles. The van der Waals surface area contributed by atoms with Crippen LogP contribution in [0.2, 0.25) is 0 Å². The fraction of sp³-hybridized carbons (Fsp3) is 0.692. The quantitative estimate of drug-likeness (QED) is 0.723. The van der Waals surface area contributed by atoms with E-state index in [2.05, 4.69) is 4.98 Å². The lowest BCUT2D eigenvalue weighted by Gasteiger charge is -2.12. The number of methoxy groups -OCH3 is 1. The van der Waals surface area contributed by atoms with Gasteiger partial charge in [0.25, 0.3) is 0 Å². The Morgan fingerprint density at radius 2 is 2.33 bits per heavy atom. The molecule has 3 rings (SSSR count). The van der Waals surface area contributed by atoms with Gasteiger partial charge in [-0.1, -0.05) is 0 Å². The Morgan fingerprint density at radius 3 is 2.94 bits per heavy atom. The van der Waals surface area contributed by atoms with Gasteiger partial charge in [-0.2, -0.15) is 0 Å². The molecule has 2 aliphatic rings. The van der Waals surface area contributed by atoms with Crippen molar-refractivity contribution in [3.05, 3.63) is 17.8 Å². The second-order valence-electron chi connectivity index (χ2n) is 5.24. The van der Waals surface area contributed by atoms with Crippen molar-refractivity contribution in [1.82, 2.24) is 4.98 Å². The van der Waals surface area contributed by atoms with Crippen LogP contribution in [0.5, 0.6) is 0 Å². The van der Waals surface area contributed by atoms with Gasteiger partial charge in [0.15, 0.2) is 11.6 Å². The fourth-order valence-electron chi connectivity index (χ4n) is 1.89. The molecule has 0 spiro atoms. The molecule has 0 aromatic carbocycles. The number of ether oxygens (including phenoxy) is 2. The van der Waals surface area contributed by atoms with Gasteiger partial charge in [0, 0.05) is 13.5 Å². The van der Waals surface area contributed by atoms with Crippen LogP contribution in [0.3, 0.4) is 0 Å². The van der Waals surface area contributed by atoms with Crippen molar-refractivity contribution < 1.29 is 18.7 Å². The van der Waals surface area contributed by atoms with Gasteiger partial charge in [0.1, 0.15) is 18.5 Å². The molecule has 2 saturated carbocycles. The fourth-order valence-corrected chi connectivity index (χ4v) is 1.89. The zero-order chi connectivity index (χ0) is 12.6. The first-order valence-electron chi connectivity index (χ1n) is 6.37. The van der Waals surface area contributed by atoms with E-state index in [1.165, 1.54) is 19.1 Å². The third-order valence-electron chi connectivity index (χ3n) is 3.63. The molecule has 1 aromatic rings. The number of hydrogen-bond acceptors (Lipinski definition) is 5. The van der Waals surface area contributed by atoms with E-state index in [4.69, 9.17) is 13.9 Å². The molecule has 98 valence electrons. The Morgan fingerprint density at radius 1 is 1.56 bits per heavy atom. The van der Waals surface area contributed by atoms with E-state index in [1.807, 2.05) is 0 Å². The molecule has 0 N–H and O–H groups in total. The topological polar surface area (TPSA) is 61.6 Å². The van der Waals surface area contributed by atoms with Gasteiger partial charge < -0.3 is 13.9 Å². The molecule has 2 aliphatic carbocycles. The van der Waals surface area contributed by atoms with Crippen molar-refractivity contribution in [2.45, 2.75) is 37.7 Å². The monoisotopic (exact) mass is 251 g/mol. The van der Waals surface area contributed by atoms with Crippen molar-refractivity contribution in [3.8, 4) is 0 Å². The minimum atomic E-state index is -0.427. The van der Waals surface area contributed by atoms with Crippen LogP contribution in [-0.4, -0.2) is 30.3 Å². The standard InChI is InChI=1S/C13H17NO4/c1-16-13(4-5-13)8-18-12(15)10-7-17-11(14-10)6-9-2-3-9/h7,9H,2-6,8H2,1H3. The second kappa shape index (κ2) is 4.39. The van der Waals surface area contributed by atoms with Crippen molar-refractivity contribution >= 4 is 5.97 Å². The summed E-state index contributed by atoms with van der Waals surface area (Å²) < 4.78 is 15.7. The molecule has 2 fully saturated rings. The molecule has 5 nitrogen and oxygen atoms in total. The summed E-state index contributed by atoms with van der Waals surface area (Å²) in [6.45, 7) is 0.299. The van der Waals surface area contributed by atoms with Crippen molar-refractivity contribution in [2.24, 2.45) is 5.92 Å². The summed E-state index contributed by atoms with van der Waals surface area (Å²) in [6, 6.07) is 0. The molecule has 0 atom stereocenters. The molecule has 0 saturated heterocycles. The number of aromatic nitrogens is 1. The normalized spacial score (nSPS) is 20.7. The SMILES string of the molecule is COC1(COC(=O)c2coc(CC3CC3)n2)CC1. The van der Waals surface area contributed by atoms with E-state index >= 15 is 0 Å². The molecule has 18 heavy (non-hydrogen) atoms. The highest BCUT2D eigenvalue weighted by Gasteiger charge is 2.44. The molecule has 0 bridgehead atoms. The van der Waals surface area contributed by atoms with Crippen molar-refractivity contribution in [2.75, 3.05) is 13.7 Å². The number of oxazole rings is 1. The van der Waals surface area contributed by atoms with Crippen LogP contribution in [0.25, 0.3) is 0 Å². The smallest absolute Gasteiger partial charge is 0.360 e. The highest BCUT2D eigenvalue weighted by atomic mass is 16.6. The van der Waals surface area contributed by atoms with E-state index in [0.29, 0.717) is 18.4 Å². The minimum Gasteiger partial charge on any atom is -0.458 e. The highest BCUT2D eigenvalue weighted by Crippen LogP contribution is 2.39. The number of esters is 1. The summed E-state index contributed by atoms with van der Waals surface area (Å²) in [4.78, 5) is 15.9. The van der Waals surface area contributed by atoms with Gasteiger partial charge in [0.2, 0.25) is 0 Å². The van der Waals surface area contributed by atoms with E-state index in [0.717, 1.165) is 19.3 Å². The molecule has 5 heteroatoms. The van der Waals surface area contributed by atoms with Crippen LogP contribution >= 0.6 is 0 Å². The Kier molecular flexibility index (Phi) is 2.86. The zero-order valence-corrected chi connectivity index (χ0v) is 10.5. The molecule has 1 aromatic heterocycles. The van der Waals surface area contributed by atoms with E-state index < -0.39 is 5.97 Å². The number of nitrogens with zero attached hydrogens (tertiary/aromatic N) is 1. The predicted octanol–water partition coefficient (Wildman–Crippen LogP) is 1.96. The summed E-state index contributed by atoms with van der Waals surface area (Å²) in [5.74, 6) is 0.900. The van der Waals surface area contributed by atoms with Crippen molar-refractivity contribution in [3.63, 3.8) is 0 Å². The number of rotatable bonds is 6. The Bertz CT molecular complexity index is 446. The summed E-state index contributed by atoms with van der Waals surface area (Å²) in [7, 11) is 1.64. The summed E-state index contributed by atoms with van der Waals surface area (Å²) in [5.41, 5.74) is 0.0218. The van der Waals surface area contributed by atoms with Gasteiger partial charge in [-0.3, -0.25) is 0 Å². The Balaban J connectivity index is 1.53. The second-order valence-corrected chi connectivity index (χ2v) is 5.24. The largest absolute Gasteiger partial charge is 0.458 e. The lowest BCUT2D eigenvalue weighted by Crippen LogP contribution is -2.22. The van der Waals surface area contributed by atoms with Gasteiger partial charge >= 0.3 is 5.97 Å². The van der Waals surface area contributed by atoms with Gasteiger partial charge in [-0.05, 0) is 31.6 Å². The highest BCUT2D eigenvalue weighted by molar-refractivity contribution is 5.86. The average molecular weight is 251 g/mol. The van der Waals surface area contributed by atoms with Crippen LogP contribution in [-0.2, 0) is 15.9 Å². The molecular formula is C13H17NO4. The molecule has 0 amide bonds. The first kappa shape index (κ1) is 11.7. The lowest BCUT2D eigenvalue weighted by molar-refractivity contribution is -0.00174. The average Bonchev–Trinajstić information content (AvgIpc) is 3.28. The van der Waals surface area contributed by atoms with Crippen LogP contribution in [0.4, 0.5) is 0 Å². The summed E-state index contributed by atoms with van der Waals surface area (Å²) in [5, 5.41) is 0. The Hall–Kier alpha value is -1.36. The number of carbonyl (C=O) groups excluding carboxylic acids is 1.